The molecule has 0 saturated carbocycles. The summed E-state index contributed by atoms with van der Waals surface area (Å²) in [5.41, 5.74) is 7.00. The number of ether oxygens (including phenoxy) is 2. The van der Waals surface area contributed by atoms with Gasteiger partial charge in [0.1, 0.15) is 5.82 Å². The van der Waals surface area contributed by atoms with Gasteiger partial charge in [-0.15, -0.1) is 8.78 Å². The maximum Gasteiger partial charge on any atom is 0.586 e. The number of carbonyl (C=O) groups is 3. The minimum Gasteiger partial charge on any atom is -0.480 e. The van der Waals surface area contributed by atoms with Gasteiger partial charge in [0.2, 0.25) is 5.91 Å². The van der Waals surface area contributed by atoms with Crippen LogP contribution in [-0.4, -0.2) is 63.2 Å². The number of carboxylic acids is 1. The van der Waals surface area contributed by atoms with Crippen LogP contribution >= 0.6 is 0 Å². The van der Waals surface area contributed by atoms with Crippen LogP contribution in [0.25, 0.3) is 0 Å². The highest BCUT2D eigenvalue weighted by Crippen LogP contribution is 2.43. The Labute approximate surface area is 198 Å². The molecule has 0 aliphatic carbocycles. The zero-order valence-corrected chi connectivity index (χ0v) is 18.4. The lowest BCUT2D eigenvalue weighted by Crippen LogP contribution is -2.69. The number of anilines is 1. The van der Waals surface area contributed by atoms with Crippen LogP contribution in [0.2, 0.25) is 0 Å². The topological polar surface area (TPSA) is 135 Å². The van der Waals surface area contributed by atoms with Crippen LogP contribution in [0.1, 0.15) is 29.9 Å². The molecule has 2 aromatic rings. The van der Waals surface area contributed by atoms with Crippen molar-refractivity contribution in [1.29, 1.82) is 0 Å². The molecule has 0 radical (unpaired) electrons. The molecule has 0 bridgehead atoms. The second kappa shape index (κ2) is 8.36. The van der Waals surface area contributed by atoms with Crippen molar-refractivity contribution in [3.63, 3.8) is 0 Å². The van der Waals surface area contributed by atoms with Crippen LogP contribution < -0.4 is 15.2 Å². The van der Waals surface area contributed by atoms with E-state index in [1.807, 2.05) is 0 Å². The Balaban J connectivity index is 1.29. The highest BCUT2D eigenvalue weighted by Gasteiger charge is 2.55. The van der Waals surface area contributed by atoms with Crippen LogP contribution in [0.5, 0.6) is 11.5 Å². The molecule has 3 aliphatic rings. The summed E-state index contributed by atoms with van der Waals surface area (Å²) in [7, 11) is 0. The number of carbonyl (C=O) groups excluding carboxylic acids is 2. The van der Waals surface area contributed by atoms with Crippen LogP contribution in [0.4, 0.5) is 19.4 Å². The Morgan fingerprint density at radius 2 is 1.97 bits per heavy atom. The number of imide groups is 1. The van der Waals surface area contributed by atoms with Gasteiger partial charge >= 0.3 is 18.3 Å². The van der Waals surface area contributed by atoms with Crippen LogP contribution in [0.3, 0.4) is 0 Å². The minimum absolute atomic E-state index is 0.0695. The Kier molecular flexibility index (Phi) is 5.45. The Bertz CT molecular complexity index is 1210. The molecule has 10 nitrogen and oxygen atoms in total. The van der Waals surface area contributed by atoms with Crippen molar-refractivity contribution >= 4 is 23.7 Å². The van der Waals surface area contributed by atoms with Gasteiger partial charge in [-0.2, -0.15) is 0 Å². The lowest BCUT2D eigenvalue weighted by atomic mass is 9.82. The predicted molar refractivity (Wildman–Crippen MR) is 116 cm³/mol. The van der Waals surface area contributed by atoms with Gasteiger partial charge < -0.3 is 25.2 Å². The largest absolute Gasteiger partial charge is 0.586 e. The van der Waals surface area contributed by atoms with E-state index in [9.17, 15) is 28.3 Å². The summed E-state index contributed by atoms with van der Waals surface area (Å²) in [6.07, 6.45) is -0.852. The first kappa shape index (κ1) is 22.8. The second-order valence-corrected chi connectivity index (χ2v) is 8.83. The molecule has 184 valence electrons. The Hall–Kier alpha value is -3.96. The fourth-order valence-electron chi connectivity index (χ4n) is 4.91. The zero-order chi connectivity index (χ0) is 24.9. The second-order valence-electron chi connectivity index (χ2n) is 8.83. The average Bonchev–Trinajstić information content (AvgIpc) is 3.13. The van der Waals surface area contributed by atoms with Crippen molar-refractivity contribution in [3.05, 3.63) is 47.7 Å². The maximum atomic E-state index is 13.3. The number of nitrogens with two attached hydrogens (primary N) is 1. The maximum absolute atomic E-state index is 13.3. The Morgan fingerprint density at radius 3 is 2.71 bits per heavy atom. The molecule has 1 aromatic heterocycles. The summed E-state index contributed by atoms with van der Waals surface area (Å²) >= 11 is 0. The van der Waals surface area contributed by atoms with E-state index in [0.29, 0.717) is 30.5 Å². The minimum atomic E-state index is -3.72. The zero-order valence-electron chi connectivity index (χ0n) is 18.4. The highest BCUT2D eigenvalue weighted by molar-refractivity contribution is 6.07. The van der Waals surface area contributed by atoms with E-state index in [0.717, 1.165) is 4.90 Å². The van der Waals surface area contributed by atoms with Crippen LogP contribution in [-0.2, 0) is 16.0 Å². The third-order valence-electron chi connectivity index (χ3n) is 6.56. The van der Waals surface area contributed by atoms with Crippen LogP contribution in [0.15, 0.2) is 36.5 Å². The first-order valence-corrected chi connectivity index (χ1v) is 11.1. The summed E-state index contributed by atoms with van der Waals surface area (Å²) in [5.74, 6) is -2.83. The monoisotopic (exact) mass is 488 g/mol. The molecule has 3 atom stereocenters. The van der Waals surface area contributed by atoms with Crippen molar-refractivity contribution in [1.82, 2.24) is 14.8 Å². The lowest BCUT2D eigenvalue weighted by Gasteiger charge is -2.46. The smallest absolute Gasteiger partial charge is 0.480 e. The number of carboxylic acid groups (broad SMARTS) is 1. The number of amides is 3. The van der Waals surface area contributed by atoms with Gasteiger partial charge in [0.05, 0.1) is 5.92 Å². The number of benzene rings is 1. The molecule has 5 rings (SSSR count). The molecule has 2 fully saturated rings. The van der Waals surface area contributed by atoms with E-state index in [2.05, 4.69) is 14.5 Å². The van der Waals surface area contributed by atoms with Gasteiger partial charge in [-0.3, -0.25) is 4.79 Å². The number of pyridine rings is 1. The number of β-lactam (4-membered cyclic amide) rings is 1. The van der Waals surface area contributed by atoms with E-state index in [1.54, 1.807) is 18.2 Å². The van der Waals surface area contributed by atoms with Crippen LogP contribution in [0, 0.1) is 5.92 Å². The molecular formula is C23H22F2N4O6. The van der Waals surface area contributed by atoms with Crippen molar-refractivity contribution in [2.45, 2.75) is 37.5 Å². The first-order valence-electron chi connectivity index (χ1n) is 11.1. The molecular weight excluding hydrogens is 466 g/mol. The van der Waals surface area contributed by atoms with Gasteiger partial charge in [0.15, 0.2) is 17.5 Å². The molecule has 0 spiro atoms. The molecule has 2 saturated heterocycles. The third kappa shape index (κ3) is 4.19. The van der Waals surface area contributed by atoms with Gasteiger partial charge in [-0.25, -0.2) is 19.5 Å². The number of alkyl halides is 2. The number of halogens is 2. The summed E-state index contributed by atoms with van der Waals surface area (Å²) in [6, 6.07) is 5.72. The molecule has 3 N–H and O–H groups in total. The number of nitrogen functional groups attached to an aromatic ring is 1. The number of hydrogen-bond acceptors (Lipinski definition) is 7. The SMILES string of the molecule is Nc1cc(C[C@H]2C(=O)N(C(=O)N3CCCC(c4ccc5c(c4)OC(F)(F)O5)C3)[C@@H]2C(=O)O)ccn1. The molecule has 4 heterocycles. The number of hydrogen-bond donors (Lipinski definition) is 2. The number of aliphatic carboxylic acids is 1. The van der Waals surface area contributed by atoms with Gasteiger partial charge in [-0.05, 0) is 54.7 Å². The van der Waals surface area contributed by atoms with Crippen molar-refractivity contribution in [2.75, 3.05) is 18.8 Å². The molecule has 35 heavy (non-hydrogen) atoms. The number of piperidine rings is 1. The fourth-order valence-corrected chi connectivity index (χ4v) is 4.91. The number of rotatable bonds is 4. The molecule has 1 aromatic carbocycles. The number of fused-ring (bicyclic) bond motifs is 1. The summed E-state index contributed by atoms with van der Waals surface area (Å²) in [5, 5.41) is 9.74. The molecule has 3 amide bonds. The predicted octanol–water partition coefficient (Wildman–Crippen LogP) is 2.44. The number of urea groups is 1. The average molecular weight is 488 g/mol. The van der Waals surface area contributed by atoms with E-state index < -0.39 is 36.2 Å². The van der Waals surface area contributed by atoms with E-state index in [4.69, 9.17) is 5.73 Å². The summed E-state index contributed by atoms with van der Waals surface area (Å²) in [4.78, 5) is 44.1. The molecule has 12 heteroatoms. The number of aromatic nitrogens is 1. The van der Waals surface area contributed by atoms with E-state index >= 15 is 0 Å². The highest BCUT2D eigenvalue weighted by atomic mass is 19.3. The van der Waals surface area contributed by atoms with E-state index in [1.165, 1.54) is 23.2 Å². The Morgan fingerprint density at radius 1 is 1.20 bits per heavy atom. The number of likely N-dealkylation sites (tertiary alicyclic amines) is 2. The van der Waals surface area contributed by atoms with Crippen molar-refractivity contribution in [2.24, 2.45) is 5.92 Å². The van der Waals surface area contributed by atoms with Crippen molar-refractivity contribution in [3.8, 4) is 11.5 Å². The number of nitrogens with zero attached hydrogens (tertiary/aromatic N) is 3. The normalized spacial score (nSPS) is 24.7. The van der Waals surface area contributed by atoms with Gasteiger partial charge in [0, 0.05) is 25.2 Å². The molecule has 3 aliphatic heterocycles. The van der Waals surface area contributed by atoms with E-state index in [-0.39, 0.29) is 36.2 Å². The quantitative estimate of drug-likeness (QED) is 0.627. The van der Waals surface area contributed by atoms with Gasteiger partial charge in [-0.1, -0.05) is 6.07 Å². The first-order chi connectivity index (χ1) is 16.6. The summed E-state index contributed by atoms with van der Waals surface area (Å²) in [6.45, 7) is 0.552. The fraction of sp³-hybridized carbons (Fsp3) is 0.391. The molecule has 1 unspecified atom stereocenters. The lowest BCUT2D eigenvalue weighted by molar-refractivity contribution is -0.286. The van der Waals surface area contributed by atoms with Crippen molar-refractivity contribution < 1.29 is 37.7 Å². The van der Waals surface area contributed by atoms with Gasteiger partial charge in [0.25, 0.3) is 0 Å². The third-order valence-corrected chi connectivity index (χ3v) is 6.56. The summed E-state index contributed by atoms with van der Waals surface area (Å²) < 4.78 is 35.6. The standard InChI is InChI=1S/C23H22F2N4O6/c24-23(25)34-16-4-3-13(10-17(16)35-23)14-2-1-7-28(11-14)22(33)29-19(21(31)32)15(20(29)30)8-12-5-6-27-18(26)9-12/h3-6,9-10,14-15,19H,1-2,7-8,11H2,(H2,26,27)(H,31,32)/t14?,15-,19+/m1/s1.